The Bertz CT molecular complexity index is 107. The van der Waals surface area contributed by atoms with Gasteiger partial charge in [-0.1, -0.05) is 41.5 Å². The van der Waals surface area contributed by atoms with Crippen molar-refractivity contribution in [1.29, 1.82) is 5.26 Å². The molecular weight excluding hydrogens is 172 g/mol. The molecule has 0 aliphatic carbocycles. The van der Waals surface area contributed by atoms with E-state index in [1.165, 1.54) is 0 Å². The third kappa shape index (κ3) is 30.1. The normalized spacial score (nSPS) is 10.2. The van der Waals surface area contributed by atoms with Crippen LogP contribution in [0, 0.1) is 17.2 Å². The van der Waals surface area contributed by atoms with Gasteiger partial charge in [-0.05, 0) is 19.4 Å². The van der Waals surface area contributed by atoms with Crippen molar-refractivity contribution < 1.29 is 0 Å². The lowest BCUT2D eigenvalue weighted by molar-refractivity contribution is 0.557. The highest BCUT2D eigenvalue weighted by Crippen LogP contribution is 1.92. The quantitative estimate of drug-likeness (QED) is 0.755. The standard InChI is InChI=1S/C6H12N2.C4H10.C2H6/c1-3-6(8-2)4-5-7;1-4(2)3;1-2/h6,8H,3-4H2,1-2H3;4H,1-3H3;1-2H3. The van der Waals surface area contributed by atoms with Crippen LogP contribution in [0.4, 0.5) is 0 Å². The summed E-state index contributed by atoms with van der Waals surface area (Å²) in [5.74, 6) is 0.833. The van der Waals surface area contributed by atoms with E-state index in [1.807, 2.05) is 20.9 Å². The van der Waals surface area contributed by atoms with Crippen molar-refractivity contribution in [1.82, 2.24) is 5.32 Å². The van der Waals surface area contributed by atoms with Crippen LogP contribution < -0.4 is 5.32 Å². The molecule has 0 aliphatic rings. The van der Waals surface area contributed by atoms with Crippen LogP contribution in [-0.4, -0.2) is 13.1 Å². The van der Waals surface area contributed by atoms with Crippen molar-refractivity contribution in [2.75, 3.05) is 7.05 Å². The van der Waals surface area contributed by atoms with Gasteiger partial charge in [-0.25, -0.2) is 0 Å². The summed E-state index contributed by atoms with van der Waals surface area (Å²) in [5.41, 5.74) is 0. The third-order valence-corrected chi connectivity index (χ3v) is 1.24. The molecule has 0 aromatic rings. The maximum Gasteiger partial charge on any atom is 0.0638 e. The number of nitrogens with zero attached hydrogens (tertiary/aromatic N) is 1. The van der Waals surface area contributed by atoms with Gasteiger partial charge in [0, 0.05) is 6.04 Å². The maximum atomic E-state index is 8.21. The first-order valence-corrected chi connectivity index (χ1v) is 5.62. The molecule has 0 rings (SSSR count). The van der Waals surface area contributed by atoms with Gasteiger partial charge in [-0.15, -0.1) is 0 Å². The Hall–Kier alpha value is -0.550. The minimum absolute atomic E-state index is 0.389. The van der Waals surface area contributed by atoms with Gasteiger partial charge in [0.05, 0.1) is 12.5 Å². The lowest BCUT2D eigenvalue weighted by atomic mass is 10.2. The summed E-state index contributed by atoms with van der Waals surface area (Å²) < 4.78 is 0. The van der Waals surface area contributed by atoms with Crippen LogP contribution in [0.5, 0.6) is 0 Å². The van der Waals surface area contributed by atoms with E-state index in [9.17, 15) is 0 Å². The largest absolute Gasteiger partial charge is 0.316 e. The zero-order valence-electron chi connectivity index (χ0n) is 11.0. The second-order valence-corrected chi connectivity index (χ2v) is 3.49. The van der Waals surface area contributed by atoms with E-state index in [1.54, 1.807) is 0 Å². The highest BCUT2D eigenvalue weighted by atomic mass is 14.9. The summed E-state index contributed by atoms with van der Waals surface area (Å²) >= 11 is 0. The van der Waals surface area contributed by atoms with Crippen LogP contribution in [-0.2, 0) is 0 Å². The molecule has 0 spiro atoms. The molecule has 1 N–H and O–H groups in total. The van der Waals surface area contributed by atoms with Crippen LogP contribution in [0.15, 0.2) is 0 Å². The number of hydrogen-bond acceptors (Lipinski definition) is 2. The van der Waals surface area contributed by atoms with E-state index in [-0.39, 0.29) is 0 Å². The Morgan fingerprint density at radius 3 is 1.64 bits per heavy atom. The monoisotopic (exact) mass is 200 g/mol. The first kappa shape index (κ1) is 19.1. The first-order chi connectivity index (χ1) is 6.58. The fraction of sp³-hybridized carbons (Fsp3) is 0.917. The molecule has 0 saturated carbocycles. The minimum Gasteiger partial charge on any atom is -0.316 e. The smallest absolute Gasteiger partial charge is 0.0638 e. The molecule has 0 radical (unpaired) electrons. The van der Waals surface area contributed by atoms with Crippen LogP contribution in [0.2, 0.25) is 0 Å². The van der Waals surface area contributed by atoms with E-state index in [2.05, 4.69) is 39.1 Å². The van der Waals surface area contributed by atoms with Crippen molar-refractivity contribution in [3.05, 3.63) is 0 Å². The molecule has 0 amide bonds. The van der Waals surface area contributed by atoms with Gasteiger partial charge in [-0.2, -0.15) is 5.26 Å². The summed E-state index contributed by atoms with van der Waals surface area (Å²) in [7, 11) is 1.88. The molecule has 0 bridgehead atoms. The van der Waals surface area contributed by atoms with Crippen LogP contribution >= 0.6 is 0 Å². The molecule has 0 fully saturated rings. The Morgan fingerprint density at radius 1 is 1.21 bits per heavy atom. The molecule has 0 aromatic carbocycles. The second kappa shape index (κ2) is 18.3. The summed E-state index contributed by atoms with van der Waals surface area (Å²) in [6.45, 7) is 12.6. The summed E-state index contributed by atoms with van der Waals surface area (Å²) in [5, 5.41) is 11.2. The van der Waals surface area contributed by atoms with E-state index in [0.29, 0.717) is 12.5 Å². The number of rotatable bonds is 3. The Labute approximate surface area is 90.7 Å². The predicted molar refractivity (Wildman–Crippen MR) is 65.2 cm³/mol. The van der Waals surface area contributed by atoms with Gasteiger partial charge in [0.2, 0.25) is 0 Å². The molecule has 0 saturated heterocycles. The van der Waals surface area contributed by atoms with Crippen molar-refractivity contribution in [2.45, 2.75) is 60.4 Å². The van der Waals surface area contributed by atoms with Crippen LogP contribution in [0.3, 0.4) is 0 Å². The molecule has 1 atom stereocenters. The summed E-state index contributed by atoms with van der Waals surface area (Å²) in [6.07, 6.45) is 1.65. The van der Waals surface area contributed by atoms with Gasteiger partial charge in [0.1, 0.15) is 0 Å². The maximum absolute atomic E-state index is 8.21. The topological polar surface area (TPSA) is 35.8 Å². The highest BCUT2D eigenvalue weighted by Gasteiger charge is 1.98. The molecule has 2 heteroatoms. The van der Waals surface area contributed by atoms with E-state index >= 15 is 0 Å². The Kier molecular flexibility index (Phi) is 24.9. The molecule has 14 heavy (non-hydrogen) atoms. The Morgan fingerprint density at radius 2 is 1.57 bits per heavy atom. The lowest BCUT2D eigenvalue weighted by Gasteiger charge is -2.06. The zero-order valence-corrected chi connectivity index (χ0v) is 11.0. The fourth-order valence-corrected chi connectivity index (χ4v) is 0.561. The van der Waals surface area contributed by atoms with Crippen molar-refractivity contribution in [3.8, 4) is 6.07 Å². The summed E-state index contributed by atoms with van der Waals surface area (Å²) in [6, 6.07) is 2.50. The summed E-state index contributed by atoms with van der Waals surface area (Å²) in [4.78, 5) is 0. The SMILES string of the molecule is CC.CC(C)C.CCC(CC#N)NC. The molecule has 0 heterocycles. The predicted octanol–water partition coefficient (Wildman–Crippen LogP) is 3.59. The van der Waals surface area contributed by atoms with Gasteiger partial charge >= 0.3 is 0 Å². The Balaban J connectivity index is -0.000000170. The van der Waals surface area contributed by atoms with E-state index in [0.717, 1.165) is 12.3 Å². The number of nitrogens with one attached hydrogen (secondary N) is 1. The zero-order chi connectivity index (χ0) is 12.0. The van der Waals surface area contributed by atoms with Crippen molar-refractivity contribution in [3.63, 3.8) is 0 Å². The first-order valence-electron chi connectivity index (χ1n) is 5.62. The molecule has 1 unspecified atom stereocenters. The van der Waals surface area contributed by atoms with Gasteiger partial charge in [-0.3, -0.25) is 0 Å². The minimum atomic E-state index is 0.389. The molecule has 86 valence electrons. The fourth-order valence-electron chi connectivity index (χ4n) is 0.561. The lowest BCUT2D eigenvalue weighted by Crippen LogP contribution is -2.23. The molecule has 0 aliphatic heterocycles. The molecular formula is C12H28N2. The average molecular weight is 200 g/mol. The van der Waals surface area contributed by atoms with Gasteiger partial charge in [0.25, 0.3) is 0 Å². The third-order valence-electron chi connectivity index (χ3n) is 1.24. The van der Waals surface area contributed by atoms with Gasteiger partial charge < -0.3 is 5.32 Å². The average Bonchev–Trinajstić information content (AvgIpc) is 2.16. The van der Waals surface area contributed by atoms with E-state index < -0.39 is 0 Å². The number of hydrogen-bond donors (Lipinski definition) is 1. The highest BCUT2D eigenvalue weighted by molar-refractivity contribution is 4.78. The van der Waals surface area contributed by atoms with Crippen LogP contribution in [0.25, 0.3) is 0 Å². The van der Waals surface area contributed by atoms with Crippen molar-refractivity contribution >= 4 is 0 Å². The van der Waals surface area contributed by atoms with E-state index in [4.69, 9.17) is 5.26 Å². The van der Waals surface area contributed by atoms with Crippen molar-refractivity contribution in [2.24, 2.45) is 5.92 Å². The van der Waals surface area contributed by atoms with Gasteiger partial charge in [0.15, 0.2) is 0 Å². The number of nitriles is 1. The molecule has 2 nitrogen and oxygen atoms in total. The molecule has 0 aromatic heterocycles. The van der Waals surface area contributed by atoms with Crippen LogP contribution in [0.1, 0.15) is 54.4 Å². The second-order valence-electron chi connectivity index (χ2n) is 3.49.